The highest BCUT2D eigenvalue weighted by Gasteiger charge is 2.09. The molecule has 0 aliphatic heterocycles. The lowest BCUT2D eigenvalue weighted by atomic mass is 10.1. The SMILES string of the molecule is C=C/C=C/CCCCCCCC(OCCCCCC)OCCCCCC. The van der Waals surface area contributed by atoms with Gasteiger partial charge in [-0.2, -0.15) is 0 Å². The number of unbranched alkanes of at least 4 members (excludes halogenated alkanes) is 11. The number of hydrogen-bond acceptors (Lipinski definition) is 2. The monoisotopic (exact) mass is 366 g/mol. The third-order valence-electron chi connectivity index (χ3n) is 4.69. The Labute approximate surface area is 164 Å². The van der Waals surface area contributed by atoms with Gasteiger partial charge in [-0.05, 0) is 38.5 Å². The lowest BCUT2D eigenvalue weighted by Crippen LogP contribution is -2.19. The van der Waals surface area contributed by atoms with Gasteiger partial charge in [-0.3, -0.25) is 0 Å². The Morgan fingerprint density at radius 2 is 1.23 bits per heavy atom. The second-order valence-corrected chi connectivity index (χ2v) is 7.30. The molecule has 0 aromatic rings. The van der Waals surface area contributed by atoms with Crippen molar-refractivity contribution >= 4 is 0 Å². The zero-order valence-corrected chi connectivity index (χ0v) is 17.9. The molecular formula is C24H46O2. The van der Waals surface area contributed by atoms with E-state index in [9.17, 15) is 0 Å². The third kappa shape index (κ3) is 19.7. The summed E-state index contributed by atoms with van der Waals surface area (Å²) < 4.78 is 12.1. The van der Waals surface area contributed by atoms with E-state index in [0.717, 1.165) is 19.6 Å². The Balaban J connectivity index is 3.76. The Hall–Kier alpha value is -0.600. The minimum Gasteiger partial charge on any atom is -0.353 e. The number of allylic oxidation sites excluding steroid dienone is 3. The number of rotatable bonds is 21. The molecule has 0 aliphatic carbocycles. The molecule has 0 atom stereocenters. The van der Waals surface area contributed by atoms with Gasteiger partial charge in [-0.1, -0.05) is 96.4 Å². The molecule has 0 amide bonds. The predicted molar refractivity (Wildman–Crippen MR) is 116 cm³/mol. The molecule has 0 N–H and O–H groups in total. The number of hydrogen-bond donors (Lipinski definition) is 0. The Morgan fingerprint density at radius 3 is 1.81 bits per heavy atom. The molecule has 0 unspecified atom stereocenters. The van der Waals surface area contributed by atoms with E-state index in [1.54, 1.807) is 0 Å². The van der Waals surface area contributed by atoms with Crippen molar-refractivity contribution < 1.29 is 9.47 Å². The highest BCUT2D eigenvalue weighted by Crippen LogP contribution is 2.13. The van der Waals surface area contributed by atoms with Gasteiger partial charge in [0.15, 0.2) is 6.29 Å². The standard InChI is InChI=1S/C24H46O2/c1-4-7-10-13-14-15-16-17-18-21-24(25-22-19-11-8-5-2)26-23-20-12-9-6-3/h4,7,10,24H,1,5-6,8-9,11-23H2,2-3H3/b10-7+. The molecule has 0 bridgehead atoms. The Morgan fingerprint density at radius 1 is 0.692 bits per heavy atom. The first-order chi connectivity index (χ1) is 12.8. The van der Waals surface area contributed by atoms with Crippen LogP contribution in [0.2, 0.25) is 0 Å². The lowest BCUT2D eigenvalue weighted by Gasteiger charge is -2.19. The van der Waals surface area contributed by atoms with Crippen LogP contribution >= 0.6 is 0 Å². The fourth-order valence-corrected chi connectivity index (χ4v) is 3.00. The van der Waals surface area contributed by atoms with Gasteiger partial charge in [0.25, 0.3) is 0 Å². The second-order valence-electron chi connectivity index (χ2n) is 7.30. The lowest BCUT2D eigenvalue weighted by molar-refractivity contribution is -0.148. The third-order valence-corrected chi connectivity index (χ3v) is 4.69. The average molecular weight is 367 g/mol. The molecule has 0 spiro atoms. The Bertz CT molecular complexity index is 285. The summed E-state index contributed by atoms with van der Waals surface area (Å²) in [5, 5.41) is 0. The molecule has 2 heteroatoms. The first kappa shape index (κ1) is 25.4. The summed E-state index contributed by atoms with van der Waals surface area (Å²) in [5.41, 5.74) is 0. The molecule has 0 rings (SSSR count). The molecule has 0 fully saturated rings. The molecule has 0 aliphatic rings. The van der Waals surface area contributed by atoms with Gasteiger partial charge in [0, 0.05) is 13.2 Å². The average Bonchev–Trinajstić information content (AvgIpc) is 2.65. The van der Waals surface area contributed by atoms with Gasteiger partial charge in [-0.15, -0.1) is 0 Å². The molecule has 154 valence electrons. The van der Waals surface area contributed by atoms with Crippen LogP contribution < -0.4 is 0 Å². The maximum Gasteiger partial charge on any atom is 0.157 e. The molecule has 0 radical (unpaired) electrons. The van der Waals surface area contributed by atoms with E-state index < -0.39 is 0 Å². The quantitative estimate of drug-likeness (QED) is 0.116. The van der Waals surface area contributed by atoms with Gasteiger partial charge in [0.2, 0.25) is 0 Å². The van der Waals surface area contributed by atoms with Crippen LogP contribution in [0.3, 0.4) is 0 Å². The molecule has 0 heterocycles. The van der Waals surface area contributed by atoms with Crippen molar-refractivity contribution in [2.24, 2.45) is 0 Å². The summed E-state index contributed by atoms with van der Waals surface area (Å²) in [7, 11) is 0. The van der Waals surface area contributed by atoms with E-state index in [0.29, 0.717) is 0 Å². The topological polar surface area (TPSA) is 18.5 Å². The van der Waals surface area contributed by atoms with Crippen LogP contribution in [-0.4, -0.2) is 19.5 Å². The van der Waals surface area contributed by atoms with E-state index in [1.165, 1.54) is 89.9 Å². The van der Waals surface area contributed by atoms with Crippen LogP contribution in [0.4, 0.5) is 0 Å². The highest BCUT2D eigenvalue weighted by molar-refractivity contribution is 4.96. The van der Waals surface area contributed by atoms with Crippen molar-refractivity contribution in [2.45, 2.75) is 116 Å². The molecule has 0 saturated carbocycles. The van der Waals surface area contributed by atoms with Crippen LogP contribution in [0.1, 0.15) is 110 Å². The van der Waals surface area contributed by atoms with Crippen LogP contribution in [0.15, 0.2) is 24.8 Å². The molecule has 26 heavy (non-hydrogen) atoms. The number of ether oxygens (including phenoxy) is 2. The summed E-state index contributed by atoms with van der Waals surface area (Å²) in [6.07, 6.45) is 24.9. The van der Waals surface area contributed by atoms with Crippen LogP contribution in [0, 0.1) is 0 Å². The summed E-state index contributed by atoms with van der Waals surface area (Å²) in [6.45, 7) is 9.91. The van der Waals surface area contributed by atoms with E-state index in [1.807, 2.05) is 12.2 Å². The van der Waals surface area contributed by atoms with Gasteiger partial charge in [-0.25, -0.2) is 0 Å². The molecule has 0 saturated heterocycles. The van der Waals surface area contributed by atoms with Gasteiger partial charge < -0.3 is 9.47 Å². The Kier molecular flexibility index (Phi) is 21.9. The summed E-state index contributed by atoms with van der Waals surface area (Å²) in [6, 6.07) is 0. The van der Waals surface area contributed by atoms with Crippen molar-refractivity contribution in [3.63, 3.8) is 0 Å². The van der Waals surface area contributed by atoms with E-state index in [2.05, 4.69) is 26.5 Å². The van der Waals surface area contributed by atoms with E-state index in [4.69, 9.17) is 9.47 Å². The van der Waals surface area contributed by atoms with Crippen molar-refractivity contribution in [1.82, 2.24) is 0 Å². The summed E-state index contributed by atoms with van der Waals surface area (Å²) in [4.78, 5) is 0. The van der Waals surface area contributed by atoms with Crippen LogP contribution in [0.5, 0.6) is 0 Å². The molecule has 2 nitrogen and oxygen atoms in total. The van der Waals surface area contributed by atoms with Crippen LogP contribution in [-0.2, 0) is 9.47 Å². The summed E-state index contributed by atoms with van der Waals surface area (Å²) in [5.74, 6) is 0. The van der Waals surface area contributed by atoms with Gasteiger partial charge in [0.05, 0.1) is 0 Å². The zero-order chi connectivity index (χ0) is 19.1. The smallest absolute Gasteiger partial charge is 0.157 e. The first-order valence-electron chi connectivity index (χ1n) is 11.4. The second kappa shape index (κ2) is 22.4. The van der Waals surface area contributed by atoms with Crippen LogP contribution in [0.25, 0.3) is 0 Å². The first-order valence-corrected chi connectivity index (χ1v) is 11.4. The van der Waals surface area contributed by atoms with Gasteiger partial charge in [0.1, 0.15) is 0 Å². The predicted octanol–water partition coefficient (Wildman–Crippen LogP) is 7.98. The van der Waals surface area contributed by atoms with Crippen molar-refractivity contribution in [3.05, 3.63) is 24.8 Å². The molecule has 0 aromatic carbocycles. The minimum absolute atomic E-state index is 0.0220. The molecular weight excluding hydrogens is 320 g/mol. The minimum atomic E-state index is 0.0220. The van der Waals surface area contributed by atoms with Gasteiger partial charge >= 0.3 is 0 Å². The van der Waals surface area contributed by atoms with Crippen molar-refractivity contribution in [3.8, 4) is 0 Å². The largest absolute Gasteiger partial charge is 0.353 e. The summed E-state index contributed by atoms with van der Waals surface area (Å²) >= 11 is 0. The highest BCUT2D eigenvalue weighted by atomic mass is 16.7. The normalized spacial score (nSPS) is 11.7. The maximum atomic E-state index is 6.03. The fourth-order valence-electron chi connectivity index (χ4n) is 3.00. The van der Waals surface area contributed by atoms with E-state index >= 15 is 0 Å². The van der Waals surface area contributed by atoms with Crippen molar-refractivity contribution in [1.29, 1.82) is 0 Å². The maximum absolute atomic E-state index is 6.03. The fraction of sp³-hybridized carbons (Fsp3) is 0.833. The molecule has 0 aromatic heterocycles. The van der Waals surface area contributed by atoms with E-state index in [-0.39, 0.29) is 6.29 Å². The zero-order valence-electron chi connectivity index (χ0n) is 17.9. The van der Waals surface area contributed by atoms with Crippen molar-refractivity contribution in [2.75, 3.05) is 13.2 Å².